The number of aromatic hydroxyl groups is 1. The molecule has 4 N–H and O–H groups in total. The first-order chi connectivity index (χ1) is 28.5. The van der Waals surface area contributed by atoms with Crippen LogP contribution in [0.4, 0.5) is 4.79 Å². The van der Waals surface area contributed by atoms with Crippen molar-refractivity contribution in [3.8, 4) is 5.75 Å². The highest BCUT2D eigenvalue weighted by Gasteiger charge is 2.38. The summed E-state index contributed by atoms with van der Waals surface area (Å²) in [6.45, 7) is 14.2. The zero-order valence-corrected chi connectivity index (χ0v) is 37.8. The molecule has 1 aliphatic rings. The number of nitrogens with zero attached hydrogens (tertiary/aromatic N) is 3. The third kappa shape index (κ3) is 15.2. The van der Waals surface area contributed by atoms with E-state index in [9.17, 15) is 33.9 Å². The van der Waals surface area contributed by atoms with E-state index in [2.05, 4.69) is 25.8 Å². The zero-order valence-electron chi connectivity index (χ0n) is 37.0. The molecule has 0 aliphatic carbocycles. The minimum atomic E-state index is -0.822. The Balaban J connectivity index is 1.84. The molecule has 334 valence electrons. The van der Waals surface area contributed by atoms with Gasteiger partial charge in [0.2, 0.25) is 11.8 Å². The third-order valence-electron chi connectivity index (χ3n) is 11.6. The highest BCUT2D eigenvalue weighted by molar-refractivity contribution is 7.09. The van der Waals surface area contributed by atoms with Crippen LogP contribution in [0.3, 0.4) is 0 Å². The van der Waals surface area contributed by atoms with Gasteiger partial charge in [0.25, 0.3) is 5.91 Å². The van der Waals surface area contributed by atoms with Crippen molar-refractivity contribution in [3.05, 3.63) is 45.9 Å². The predicted octanol–water partition coefficient (Wildman–Crippen LogP) is 6.36. The summed E-state index contributed by atoms with van der Waals surface area (Å²) in [6.07, 6.45) is 4.67. The molecule has 7 atom stereocenters. The van der Waals surface area contributed by atoms with Crippen LogP contribution in [0.5, 0.6) is 5.75 Å². The normalized spacial score (nSPS) is 17.3. The minimum Gasteiger partial charge on any atom is -0.508 e. The molecule has 1 aromatic carbocycles. The van der Waals surface area contributed by atoms with Crippen LogP contribution in [0.25, 0.3) is 0 Å². The van der Waals surface area contributed by atoms with E-state index < -0.39 is 41.8 Å². The second-order valence-electron chi connectivity index (χ2n) is 16.7. The lowest BCUT2D eigenvalue weighted by Gasteiger charge is -2.39. The number of ether oxygens (including phenoxy) is 2. The Labute approximate surface area is 359 Å². The second-order valence-corrected chi connectivity index (χ2v) is 17.6. The molecule has 0 saturated carbocycles. The average Bonchev–Trinajstić information content (AvgIpc) is 3.73. The summed E-state index contributed by atoms with van der Waals surface area (Å²) in [5, 5.41) is 15.2. The van der Waals surface area contributed by atoms with Gasteiger partial charge < -0.3 is 24.8 Å². The van der Waals surface area contributed by atoms with E-state index in [-0.39, 0.29) is 79.0 Å². The Morgan fingerprint density at radius 3 is 2.32 bits per heavy atom. The molecule has 1 aromatic heterocycles. The first-order valence-electron chi connectivity index (χ1n) is 21.4. The number of carbonyl (C=O) groups excluding carboxylic acids is 6. The van der Waals surface area contributed by atoms with E-state index in [4.69, 9.17) is 9.72 Å². The van der Waals surface area contributed by atoms with E-state index in [0.29, 0.717) is 30.7 Å². The molecule has 3 rings (SSSR count). The van der Waals surface area contributed by atoms with E-state index >= 15 is 0 Å². The number of Topliss-reactive ketones (excluding diaryl/α,β-unsaturated/α-hetero) is 1. The van der Waals surface area contributed by atoms with Crippen LogP contribution in [0.1, 0.15) is 133 Å². The number of likely N-dealkylation sites (N-methyl/N-ethyl adjacent to an activating group) is 1. The highest BCUT2D eigenvalue weighted by atomic mass is 32.1. The number of benzene rings is 1. The number of piperidine rings is 1. The van der Waals surface area contributed by atoms with Crippen LogP contribution in [-0.2, 0) is 35.1 Å². The van der Waals surface area contributed by atoms with Crippen molar-refractivity contribution in [1.29, 1.82) is 0 Å². The number of methoxy groups -OCH3 is 1. The van der Waals surface area contributed by atoms with Crippen LogP contribution in [0.2, 0.25) is 0 Å². The maximum atomic E-state index is 14.8. The lowest BCUT2D eigenvalue weighted by Crippen LogP contribution is -2.50. The van der Waals surface area contributed by atoms with Crippen LogP contribution in [-0.4, -0.2) is 101 Å². The number of likely N-dealkylation sites (tertiary alicyclic amines) is 1. The van der Waals surface area contributed by atoms with Crippen molar-refractivity contribution in [2.45, 2.75) is 137 Å². The topological polar surface area (TPSA) is 197 Å². The van der Waals surface area contributed by atoms with Gasteiger partial charge in [-0.05, 0) is 81.6 Å². The fourth-order valence-corrected chi connectivity index (χ4v) is 8.51. The molecule has 4 amide bonds. The van der Waals surface area contributed by atoms with Gasteiger partial charge in [-0.25, -0.2) is 15.2 Å². The smallest absolute Gasteiger partial charge is 0.425 e. The number of aromatic nitrogens is 1. The molecular formula is C44H68N6O9S. The Kier molecular flexibility index (Phi) is 20.4. The molecule has 2 heterocycles. The van der Waals surface area contributed by atoms with Gasteiger partial charge in [-0.2, -0.15) is 0 Å². The number of hydrogen-bond acceptors (Lipinski definition) is 12. The van der Waals surface area contributed by atoms with E-state index in [1.165, 1.54) is 18.4 Å². The fourth-order valence-electron chi connectivity index (χ4n) is 7.64. The highest BCUT2D eigenvalue weighted by Crippen LogP contribution is 2.33. The van der Waals surface area contributed by atoms with Crippen LogP contribution in [0.15, 0.2) is 29.6 Å². The quantitative estimate of drug-likeness (QED) is 0.0585. The standard InChI is InChI=1S/C44H68N6O9S/c1-10-14-39(53)59-26-50(43(56)34(28(5)11-2)24-38(52)36-15-12-13-20-49(36)8)37(27(3)4)22-30(7)42-46-35(25-60-42)41(55)45-32(23-31-16-18-33(51)19-17-31)21-29(6)40(54)47-48-44(57)58-9/h16-19,25,27-30,32,34,36-37,51H,10-15,20-24,26H2,1-9H3,(H,45,55)(H,47,54)(H,48,57)/t28?,29-,30+,32+,34-,36+,37+/m0/s1. The molecular weight excluding hydrogens is 789 g/mol. The number of amides is 4. The molecule has 15 nitrogen and oxygen atoms in total. The number of phenolic OH excluding ortho intramolecular Hbond substituents is 1. The SMILES string of the molecule is CCCC(=O)OCN(C(=O)[C@@H](CC(=O)[C@H]1CCCCN1C)C(C)CC)[C@H](C[C@@H](C)c1nc(C(=O)N[C@@H](Cc2ccc(O)cc2)C[C@H](C)C(=O)NNC(=O)OC)cs1)C(C)C. The Morgan fingerprint density at radius 1 is 1.00 bits per heavy atom. The molecule has 0 bridgehead atoms. The molecule has 2 aromatic rings. The fraction of sp³-hybridized carbons (Fsp3) is 0.659. The third-order valence-corrected chi connectivity index (χ3v) is 12.6. The van der Waals surface area contributed by atoms with Gasteiger partial charge in [-0.3, -0.25) is 34.3 Å². The number of hydrogen-bond donors (Lipinski definition) is 4. The molecule has 0 spiro atoms. The average molecular weight is 857 g/mol. The molecule has 1 saturated heterocycles. The first-order valence-corrected chi connectivity index (χ1v) is 22.2. The first kappa shape index (κ1) is 49.8. The van der Waals surface area contributed by atoms with Crippen molar-refractivity contribution >= 4 is 46.9 Å². The largest absolute Gasteiger partial charge is 0.508 e. The van der Waals surface area contributed by atoms with Gasteiger partial charge in [-0.15, -0.1) is 11.3 Å². The van der Waals surface area contributed by atoms with Crippen molar-refractivity contribution in [1.82, 2.24) is 31.0 Å². The maximum Gasteiger partial charge on any atom is 0.425 e. The molecule has 1 fully saturated rings. The summed E-state index contributed by atoms with van der Waals surface area (Å²) >= 11 is 1.33. The van der Waals surface area contributed by atoms with Gasteiger partial charge >= 0.3 is 12.1 Å². The number of thiazole rings is 1. The molecule has 0 radical (unpaired) electrons. The summed E-state index contributed by atoms with van der Waals surface area (Å²) in [5.41, 5.74) is 5.51. The van der Waals surface area contributed by atoms with Gasteiger partial charge in [0.15, 0.2) is 12.5 Å². The summed E-state index contributed by atoms with van der Waals surface area (Å²) < 4.78 is 10.2. The maximum absolute atomic E-state index is 14.8. The summed E-state index contributed by atoms with van der Waals surface area (Å²) in [6, 6.07) is 5.46. The number of nitrogens with one attached hydrogen (secondary N) is 3. The predicted molar refractivity (Wildman–Crippen MR) is 230 cm³/mol. The Hall–Kier alpha value is -4.57. The monoisotopic (exact) mass is 856 g/mol. The van der Waals surface area contributed by atoms with Gasteiger partial charge in [0.05, 0.1) is 18.2 Å². The van der Waals surface area contributed by atoms with Gasteiger partial charge in [0, 0.05) is 48.1 Å². The van der Waals surface area contributed by atoms with Crippen molar-refractivity contribution in [2.24, 2.45) is 23.7 Å². The van der Waals surface area contributed by atoms with Crippen LogP contribution >= 0.6 is 11.3 Å². The molecule has 60 heavy (non-hydrogen) atoms. The van der Waals surface area contributed by atoms with E-state index in [1.54, 1.807) is 41.5 Å². The zero-order chi connectivity index (χ0) is 44.5. The van der Waals surface area contributed by atoms with E-state index in [0.717, 1.165) is 31.4 Å². The number of rotatable bonds is 22. The lowest BCUT2D eigenvalue weighted by atomic mass is 9.82. The molecule has 1 aliphatic heterocycles. The van der Waals surface area contributed by atoms with Crippen LogP contribution in [0, 0.1) is 23.7 Å². The summed E-state index contributed by atoms with van der Waals surface area (Å²) in [5.74, 6) is -2.87. The van der Waals surface area contributed by atoms with Crippen LogP contribution < -0.4 is 16.2 Å². The number of phenols is 1. The number of esters is 1. The molecule has 16 heteroatoms. The van der Waals surface area contributed by atoms with E-state index in [1.807, 2.05) is 48.6 Å². The van der Waals surface area contributed by atoms with Crippen molar-refractivity contribution < 1.29 is 43.3 Å². The second kappa shape index (κ2) is 24.6. The minimum absolute atomic E-state index is 0.0514. The van der Waals surface area contributed by atoms with Gasteiger partial charge in [-0.1, -0.05) is 73.4 Å². The Bertz CT molecular complexity index is 1720. The number of ketones is 1. The lowest BCUT2D eigenvalue weighted by molar-refractivity contribution is -0.160. The summed E-state index contributed by atoms with van der Waals surface area (Å²) in [4.78, 5) is 87.7. The number of hydrazine groups is 1. The number of carbonyl (C=O) groups is 6. The van der Waals surface area contributed by atoms with Gasteiger partial charge in [0.1, 0.15) is 11.4 Å². The summed E-state index contributed by atoms with van der Waals surface area (Å²) in [7, 11) is 3.15. The van der Waals surface area contributed by atoms with Crippen molar-refractivity contribution in [2.75, 3.05) is 27.4 Å². The Morgan fingerprint density at radius 2 is 1.70 bits per heavy atom. The molecule has 1 unspecified atom stereocenters. The van der Waals surface area contributed by atoms with Crippen molar-refractivity contribution in [3.63, 3.8) is 0 Å².